The summed E-state index contributed by atoms with van der Waals surface area (Å²) in [5.41, 5.74) is 0.426. The number of halogens is 2. The molecule has 0 bridgehead atoms. The van der Waals surface area contributed by atoms with Crippen LogP contribution >= 0.6 is 23.2 Å². The maximum atomic E-state index is 12.3. The zero-order chi connectivity index (χ0) is 14.7. The Hall–Kier alpha value is -1.30. The SMILES string of the molecule is O=C(O)CC1CN(C(=O)c2ccc(Cl)c(Cl)c2)CCO1. The van der Waals surface area contributed by atoms with Crippen LogP contribution in [-0.2, 0) is 9.53 Å². The standard InChI is InChI=1S/C13H13Cl2NO4/c14-10-2-1-8(5-11(10)15)13(19)16-3-4-20-9(7-16)6-12(17)18/h1-2,5,9H,3-4,6-7H2,(H,17,18). The molecule has 0 radical (unpaired) electrons. The second-order valence-corrected chi connectivity index (χ2v) is 5.29. The first kappa shape index (κ1) is 15.1. The molecule has 0 aliphatic carbocycles. The lowest BCUT2D eigenvalue weighted by Crippen LogP contribution is -2.46. The first-order chi connectivity index (χ1) is 9.47. The Morgan fingerprint density at radius 1 is 1.35 bits per heavy atom. The van der Waals surface area contributed by atoms with Gasteiger partial charge in [0, 0.05) is 18.7 Å². The van der Waals surface area contributed by atoms with Gasteiger partial charge in [-0.25, -0.2) is 0 Å². The molecule has 1 N–H and O–H groups in total. The lowest BCUT2D eigenvalue weighted by Gasteiger charge is -2.32. The van der Waals surface area contributed by atoms with Crippen LogP contribution in [0, 0.1) is 0 Å². The summed E-state index contributed by atoms with van der Waals surface area (Å²) in [4.78, 5) is 24.6. The molecular formula is C13H13Cl2NO4. The summed E-state index contributed by atoms with van der Waals surface area (Å²) in [6, 6.07) is 4.67. The van der Waals surface area contributed by atoms with Crippen LogP contribution in [0.3, 0.4) is 0 Å². The highest BCUT2D eigenvalue weighted by atomic mass is 35.5. The zero-order valence-electron chi connectivity index (χ0n) is 10.5. The Balaban J connectivity index is 2.08. The number of hydrogen-bond donors (Lipinski definition) is 1. The fourth-order valence-corrected chi connectivity index (χ4v) is 2.33. The minimum Gasteiger partial charge on any atom is -0.481 e. The molecular weight excluding hydrogens is 305 g/mol. The average molecular weight is 318 g/mol. The van der Waals surface area contributed by atoms with Crippen LogP contribution in [0.4, 0.5) is 0 Å². The van der Waals surface area contributed by atoms with Crippen LogP contribution in [-0.4, -0.2) is 47.7 Å². The molecule has 0 saturated carbocycles. The lowest BCUT2D eigenvalue weighted by molar-refractivity contribution is -0.141. The first-order valence-electron chi connectivity index (χ1n) is 6.05. The first-order valence-corrected chi connectivity index (χ1v) is 6.80. The van der Waals surface area contributed by atoms with E-state index in [0.717, 1.165) is 0 Å². The van der Waals surface area contributed by atoms with Crippen molar-refractivity contribution in [2.24, 2.45) is 0 Å². The number of morpholine rings is 1. The summed E-state index contributed by atoms with van der Waals surface area (Å²) in [6.07, 6.45) is -0.599. The molecule has 1 aromatic rings. The van der Waals surface area contributed by atoms with Gasteiger partial charge in [0.25, 0.3) is 5.91 Å². The minimum atomic E-state index is -0.946. The summed E-state index contributed by atoms with van der Waals surface area (Å²) in [6.45, 7) is 1.01. The average Bonchev–Trinajstić information content (AvgIpc) is 2.40. The van der Waals surface area contributed by atoms with Crippen LogP contribution in [0.15, 0.2) is 18.2 Å². The Bertz CT molecular complexity index is 535. The van der Waals surface area contributed by atoms with Gasteiger partial charge in [-0.1, -0.05) is 23.2 Å². The third kappa shape index (κ3) is 3.62. The number of ether oxygens (including phenoxy) is 1. The van der Waals surface area contributed by atoms with Crippen molar-refractivity contribution in [3.05, 3.63) is 33.8 Å². The van der Waals surface area contributed by atoms with Crippen molar-refractivity contribution in [1.29, 1.82) is 0 Å². The number of carboxylic acid groups (broad SMARTS) is 1. The maximum Gasteiger partial charge on any atom is 0.306 e. The van der Waals surface area contributed by atoms with E-state index in [4.69, 9.17) is 33.0 Å². The summed E-state index contributed by atoms with van der Waals surface area (Å²) < 4.78 is 5.33. The molecule has 5 nitrogen and oxygen atoms in total. The molecule has 0 spiro atoms. The minimum absolute atomic E-state index is 0.120. The Labute approximate surface area is 126 Å². The van der Waals surface area contributed by atoms with Gasteiger partial charge in [-0.3, -0.25) is 9.59 Å². The van der Waals surface area contributed by atoms with Crippen LogP contribution in [0.1, 0.15) is 16.8 Å². The van der Waals surface area contributed by atoms with Gasteiger partial charge in [0.05, 0.1) is 29.2 Å². The van der Waals surface area contributed by atoms with Gasteiger partial charge in [0.15, 0.2) is 0 Å². The van der Waals surface area contributed by atoms with Crippen molar-refractivity contribution < 1.29 is 19.4 Å². The summed E-state index contributed by atoms with van der Waals surface area (Å²) in [5, 5.41) is 9.46. The van der Waals surface area contributed by atoms with Gasteiger partial charge in [-0.15, -0.1) is 0 Å². The Morgan fingerprint density at radius 2 is 2.10 bits per heavy atom. The fourth-order valence-electron chi connectivity index (χ4n) is 2.03. The number of aliphatic carboxylic acids is 1. The van der Waals surface area contributed by atoms with Gasteiger partial charge in [0.1, 0.15) is 0 Å². The molecule has 1 saturated heterocycles. The second kappa shape index (κ2) is 6.43. The van der Waals surface area contributed by atoms with Crippen molar-refractivity contribution in [2.75, 3.05) is 19.7 Å². The van der Waals surface area contributed by atoms with E-state index < -0.39 is 12.1 Å². The number of benzene rings is 1. The lowest BCUT2D eigenvalue weighted by atomic mass is 10.1. The number of carbonyl (C=O) groups is 2. The molecule has 108 valence electrons. The van der Waals surface area contributed by atoms with E-state index in [0.29, 0.717) is 28.8 Å². The number of amides is 1. The number of carbonyl (C=O) groups excluding carboxylic acids is 1. The van der Waals surface area contributed by atoms with Gasteiger partial charge in [-0.2, -0.15) is 0 Å². The third-order valence-electron chi connectivity index (χ3n) is 2.99. The molecule has 1 aromatic carbocycles. The van der Waals surface area contributed by atoms with E-state index in [1.54, 1.807) is 17.0 Å². The molecule has 1 atom stereocenters. The molecule has 1 unspecified atom stereocenters. The second-order valence-electron chi connectivity index (χ2n) is 4.47. The third-order valence-corrected chi connectivity index (χ3v) is 3.73. The monoisotopic (exact) mass is 317 g/mol. The summed E-state index contributed by atoms with van der Waals surface area (Å²) in [7, 11) is 0. The van der Waals surface area contributed by atoms with E-state index in [1.807, 2.05) is 0 Å². The summed E-state index contributed by atoms with van der Waals surface area (Å²) in [5.74, 6) is -1.15. The molecule has 1 aliphatic heterocycles. The van der Waals surface area contributed by atoms with Crippen LogP contribution in [0.25, 0.3) is 0 Å². The molecule has 1 heterocycles. The highest BCUT2D eigenvalue weighted by molar-refractivity contribution is 6.42. The zero-order valence-corrected chi connectivity index (χ0v) is 12.0. The van der Waals surface area contributed by atoms with Gasteiger partial charge in [0.2, 0.25) is 0 Å². The maximum absolute atomic E-state index is 12.3. The number of rotatable bonds is 3. The highest BCUT2D eigenvalue weighted by Gasteiger charge is 2.26. The Morgan fingerprint density at radius 3 is 2.75 bits per heavy atom. The quantitative estimate of drug-likeness (QED) is 0.929. The van der Waals surface area contributed by atoms with E-state index in [1.165, 1.54) is 6.07 Å². The van der Waals surface area contributed by atoms with E-state index in [9.17, 15) is 9.59 Å². The van der Waals surface area contributed by atoms with Crippen molar-refractivity contribution >= 4 is 35.1 Å². The smallest absolute Gasteiger partial charge is 0.306 e. The van der Waals surface area contributed by atoms with Crippen molar-refractivity contribution in [3.8, 4) is 0 Å². The molecule has 7 heteroatoms. The fraction of sp³-hybridized carbons (Fsp3) is 0.385. The van der Waals surface area contributed by atoms with Gasteiger partial charge >= 0.3 is 5.97 Å². The Kier molecular flexibility index (Phi) is 4.86. The van der Waals surface area contributed by atoms with Crippen LogP contribution < -0.4 is 0 Å². The predicted octanol–water partition coefficient (Wildman–Crippen LogP) is 2.31. The van der Waals surface area contributed by atoms with Gasteiger partial charge < -0.3 is 14.7 Å². The summed E-state index contributed by atoms with van der Waals surface area (Å²) >= 11 is 11.7. The largest absolute Gasteiger partial charge is 0.481 e. The molecule has 0 aromatic heterocycles. The van der Waals surface area contributed by atoms with E-state index >= 15 is 0 Å². The molecule has 2 rings (SSSR count). The van der Waals surface area contributed by atoms with Crippen molar-refractivity contribution in [2.45, 2.75) is 12.5 Å². The molecule has 1 fully saturated rings. The van der Waals surface area contributed by atoms with Crippen LogP contribution in [0.2, 0.25) is 10.0 Å². The van der Waals surface area contributed by atoms with Crippen LogP contribution in [0.5, 0.6) is 0 Å². The highest BCUT2D eigenvalue weighted by Crippen LogP contribution is 2.23. The van der Waals surface area contributed by atoms with E-state index in [-0.39, 0.29) is 18.9 Å². The van der Waals surface area contributed by atoms with E-state index in [2.05, 4.69) is 0 Å². The normalized spacial score (nSPS) is 18.9. The van der Waals surface area contributed by atoms with Crippen molar-refractivity contribution in [3.63, 3.8) is 0 Å². The molecule has 1 aliphatic rings. The van der Waals surface area contributed by atoms with Gasteiger partial charge in [-0.05, 0) is 18.2 Å². The predicted molar refractivity (Wildman–Crippen MR) is 74.4 cm³/mol. The number of nitrogens with zero attached hydrogens (tertiary/aromatic N) is 1. The topological polar surface area (TPSA) is 66.8 Å². The molecule has 1 amide bonds. The number of hydrogen-bond acceptors (Lipinski definition) is 3. The number of carboxylic acids is 1. The van der Waals surface area contributed by atoms with Crippen molar-refractivity contribution in [1.82, 2.24) is 4.90 Å². The molecule has 20 heavy (non-hydrogen) atoms.